The lowest BCUT2D eigenvalue weighted by atomic mass is 9.65. The monoisotopic (exact) mass is 398 g/mol. The highest BCUT2D eigenvalue weighted by molar-refractivity contribution is 5.18. The van der Waals surface area contributed by atoms with Gasteiger partial charge >= 0.3 is 0 Å². The van der Waals surface area contributed by atoms with E-state index in [0.29, 0.717) is 11.8 Å². The molecule has 0 saturated heterocycles. The Kier molecular flexibility index (Phi) is 14.2. The van der Waals surface area contributed by atoms with Gasteiger partial charge in [0.05, 0.1) is 0 Å². The molecule has 0 amide bonds. The number of unbranched alkanes of at least 4 members (excludes halogenated alkanes) is 1. The Balaban J connectivity index is 2.58. The van der Waals surface area contributed by atoms with Gasteiger partial charge in [0.2, 0.25) is 0 Å². The summed E-state index contributed by atoms with van der Waals surface area (Å²) < 4.78 is 0. The maximum absolute atomic E-state index is 3.85. The van der Waals surface area contributed by atoms with Crippen molar-refractivity contribution in [2.24, 2.45) is 29.6 Å². The first-order chi connectivity index (χ1) is 14.1. The van der Waals surface area contributed by atoms with Crippen LogP contribution in [0.25, 0.3) is 0 Å². The van der Waals surface area contributed by atoms with Crippen molar-refractivity contribution in [2.45, 2.75) is 112 Å². The number of rotatable bonds is 16. The molecule has 0 nitrogen and oxygen atoms in total. The minimum atomic E-state index is 0.683. The Hall–Kier alpha value is -1.00. The van der Waals surface area contributed by atoms with Crippen LogP contribution in [0.15, 0.2) is 42.2 Å². The Bertz CT molecular complexity index is 510. The molecule has 0 spiro atoms. The number of hydrogen-bond donors (Lipinski definition) is 0. The van der Waals surface area contributed by atoms with Crippen LogP contribution in [0.3, 0.4) is 0 Å². The third-order valence-electron chi connectivity index (χ3n) is 7.14. The molecule has 3 unspecified atom stereocenters. The molecule has 0 radical (unpaired) electrons. The smallest absolute Gasteiger partial charge is 0.0177 e. The Morgan fingerprint density at radius 2 is 1.79 bits per heavy atom. The summed E-state index contributed by atoms with van der Waals surface area (Å²) in [6, 6.07) is 0. The normalized spacial score (nSPS) is 22.7. The van der Waals surface area contributed by atoms with Crippen LogP contribution in [0.2, 0.25) is 0 Å². The van der Waals surface area contributed by atoms with Crippen LogP contribution in [-0.4, -0.2) is 0 Å². The van der Waals surface area contributed by atoms with Crippen LogP contribution >= 0.6 is 0 Å². The standard InChI is InChI=1S/C29H50/c1-7-12-13-19-28(17-10-4)24(6)21-25(15-8-2)18-14-20-27(11-5)29-22-26(23-29)16-9-3/h13,15,18-19,24,26-29H,2,7,9-12,14,16-17,20-23H2,1,3-6H3. The van der Waals surface area contributed by atoms with Crippen molar-refractivity contribution >= 4 is 0 Å². The molecule has 1 saturated carbocycles. The zero-order valence-electron chi connectivity index (χ0n) is 20.4. The highest BCUT2D eigenvalue weighted by Crippen LogP contribution is 2.44. The molecule has 0 heteroatoms. The predicted molar refractivity (Wildman–Crippen MR) is 132 cm³/mol. The second kappa shape index (κ2) is 15.8. The van der Waals surface area contributed by atoms with E-state index in [-0.39, 0.29) is 0 Å². The van der Waals surface area contributed by atoms with Crippen LogP contribution in [-0.2, 0) is 0 Å². The van der Waals surface area contributed by atoms with Crippen molar-refractivity contribution in [1.82, 2.24) is 0 Å². The summed E-state index contributed by atoms with van der Waals surface area (Å²) in [7, 11) is 0. The molecule has 1 aliphatic rings. The third-order valence-corrected chi connectivity index (χ3v) is 7.14. The van der Waals surface area contributed by atoms with E-state index < -0.39 is 0 Å². The van der Waals surface area contributed by atoms with E-state index in [4.69, 9.17) is 0 Å². The largest absolute Gasteiger partial charge is 0.128 e. The van der Waals surface area contributed by atoms with E-state index in [1.165, 1.54) is 76.2 Å². The molecule has 0 heterocycles. The molecule has 166 valence electrons. The van der Waals surface area contributed by atoms with Crippen LogP contribution in [0.4, 0.5) is 0 Å². The Morgan fingerprint density at radius 3 is 2.38 bits per heavy atom. The lowest BCUT2D eigenvalue weighted by Gasteiger charge is -2.40. The predicted octanol–water partition coefficient (Wildman–Crippen LogP) is 9.69. The molecule has 1 rings (SSSR count). The van der Waals surface area contributed by atoms with Gasteiger partial charge < -0.3 is 0 Å². The van der Waals surface area contributed by atoms with Crippen molar-refractivity contribution in [3.8, 4) is 0 Å². The van der Waals surface area contributed by atoms with Gasteiger partial charge in [-0.1, -0.05) is 91.5 Å². The van der Waals surface area contributed by atoms with Crippen LogP contribution < -0.4 is 0 Å². The zero-order chi connectivity index (χ0) is 21.5. The first-order valence-electron chi connectivity index (χ1n) is 12.8. The topological polar surface area (TPSA) is 0 Å². The van der Waals surface area contributed by atoms with Gasteiger partial charge in [-0.15, -0.1) is 5.73 Å². The van der Waals surface area contributed by atoms with Gasteiger partial charge in [0.15, 0.2) is 0 Å². The summed E-state index contributed by atoms with van der Waals surface area (Å²) >= 11 is 0. The summed E-state index contributed by atoms with van der Waals surface area (Å²) in [4.78, 5) is 0. The third kappa shape index (κ3) is 10.0. The lowest BCUT2D eigenvalue weighted by molar-refractivity contribution is 0.108. The molecule has 0 N–H and O–H groups in total. The SMILES string of the molecule is C=C=CC(=CCCC(CC)C1CC(CCC)C1)CC(C)C(C=CCCC)CCC. The van der Waals surface area contributed by atoms with Gasteiger partial charge in [0.1, 0.15) is 0 Å². The summed E-state index contributed by atoms with van der Waals surface area (Å²) in [6.45, 7) is 15.6. The summed E-state index contributed by atoms with van der Waals surface area (Å²) in [6.07, 6.45) is 25.4. The van der Waals surface area contributed by atoms with Gasteiger partial charge in [-0.2, -0.15) is 0 Å². The molecule has 0 aromatic heterocycles. The van der Waals surface area contributed by atoms with Crippen molar-refractivity contribution in [1.29, 1.82) is 0 Å². The molecular weight excluding hydrogens is 348 g/mol. The maximum atomic E-state index is 3.85. The van der Waals surface area contributed by atoms with Gasteiger partial charge in [-0.3, -0.25) is 0 Å². The average molecular weight is 399 g/mol. The highest BCUT2D eigenvalue weighted by atomic mass is 14.4. The van der Waals surface area contributed by atoms with Crippen LogP contribution in [0.1, 0.15) is 112 Å². The van der Waals surface area contributed by atoms with Crippen molar-refractivity contribution in [2.75, 3.05) is 0 Å². The van der Waals surface area contributed by atoms with E-state index in [1.54, 1.807) is 0 Å². The van der Waals surface area contributed by atoms with E-state index >= 15 is 0 Å². The molecule has 0 aromatic rings. The van der Waals surface area contributed by atoms with Gasteiger partial charge in [0, 0.05) is 0 Å². The second-order valence-corrected chi connectivity index (χ2v) is 9.61. The maximum Gasteiger partial charge on any atom is -0.0177 e. The summed E-state index contributed by atoms with van der Waals surface area (Å²) in [5.41, 5.74) is 4.50. The van der Waals surface area contributed by atoms with Gasteiger partial charge in [-0.25, -0.2) is 0 Å². The lowest BCUT2D eigenvalue weighted by Crippen LogP contribution is -2.29. The molecule has 29 heavy (non-hydrogen) atoms. The molecule has 1 aliphatic carbocycles. The Labute approximate surface area is 183 Å². The van der Waals surface area contributed by atoms with Crippen molar-refractivity contribution < 1.29 is 0 Å². The van der Waals surface area contributed by atoms with Gasteiger partial charge in [-0.05, 0) is 86.2 Å². The van der Waals surface area contributed by atoms with Crippen LogP contribution in [0, 0.1) is 29.6 Å². The Morgan fingerprint density at radius 1 is 1.03 bits per heavy atom. The molecule has 0 bridgehead atoms. The quantitative estimate of drug-likeness (QED) is 0.138. The summed E-state index contributed by atoms with van der Waals surface area (Å²) in [5.74, 6) is 4.34. The highest BCUT2D eigenvalue weighted by Gasteiger charge is 2.32. The molecule has 1 fully saturated rings. The fourth-order valence-electron chi connectivity index (χ4n) is 5.27. The summed E-state index contributed by atoms with van der Waals surface area (Å²) in [5, 5.41) is 0. The number of allylic oxidation sites excluding steroid dienone is 5. The van der Waals surface area contributed by atoms with E-state index in [1.807, 2.05) is 0 Å². The fraction of sp³-hybridized carbons (Fsp3) is 0.759. The minimum absolute atomic E-state index is 0.683. The van der Waals surface area contributed by atoms with E-state index in [0.717, 1.165) is 24.2 Å². The second-order valence-electron chi connectivity index (χ2n) is 9.61. The molecule has 0 aliphatic heterocycles. The van der Waals surface area contributed by atoms with Crippen molar-refractivity contribution in [3.05, 3.63) is 42.2 Å². The molecular formula is C29H50. The molecule has 0 aromatic carbocycles. The van der Waals surface area contributed by atoms with Crippen molar-refractivity contribution in [3.63, 3.8) is 0 Å². The van der Waals surface area contributed by atoms with Crippen LogP contribution in [0.5, 0.6) is 0 Å². The molecule has 3 atom stereocenters. The number of hydrogen-bond acceptors (Lipinski definition) is 0. The average Bonchev–Trinajstić information content (AvgIpc) is 2.68. The fourth-order valence-corrected chi connectivity index (χ4v) is 5.27. The zero-order valence-corrected chi connectivity index (χ0v) is 20.4. The first-order valence-corrected chi connectivity index (χ1v) is 12.8. The van der Waals surface area contributed by atoms with E-state index in [9.17, 15) is 0 Å². The minimum Gasteiger partial charge on any atom is -0.128 e. The van der Waals surface area contributed by atoms with Gasteiger partial charge in [0.25, 0.3) is 0 Å². The first kappa shape index (κ1) is 26.0. The van der Waals surface area contributed by atoms with E-state index in [2.05, 4.69) is 71.2 Å².